The molecule has 4 nitrogen and oxygen atoms in total. The fourth-order valence-electron chi connectivity index (χ4n) is 1.08. The third-order valence-corrected chi connectivity index (χ3v) is 3.09. The molecule has 0 bridgehead atoms. The molecular weight excluding hydrogens is 200 g/mol. The van der Waals surface area contributed by atoms with Crippen LogP contribution < -0.4 is 11.2 Å². The highest BCUT2D eigenvalue weighted by Crippen LogP contribution is 2.16. The van der Waals surface area contributed by atoms with Gasteiger partial charge in [-0.25, -0.2) is 4.79 Å². The topological polar surface area (TPSA) is 65.7 Å². The van der Waals surface area contributed by atoms with Crippen LogP contribution in [0, 0.1) is 6.92 Å². The van der Waals surface area contributed by atoms with Crippen molar-refractivity contribution in [3.8, 4) is 0 Å². The molecule has 0 atom stereocenters. The Balaban J connectivity index is 2.86. The molecule has 0 unspecified atom stereocenters. The summed E-state index contributed by atoms with van der Waals surface area (Å²) in [4.78, 5) is 27.6. The molecule has 0 amide bonds. The molecule has 1 aromatic heterocycles. The Bertz CT molecular complexity index is 408. The molecule has 1 rings (SSSR count). The Kier molecular flexibility index (Phi) is 4.00. The zero-order chi connectivity index (χ0) is 10.6. The van der Waals surface area contributed by atoms with Gasteiger partial charge in [0.25, 0.3) is 5.56 Å². The predicted molar refractivity (Wildman–Crippen MR) is 58.1 cm³/mol. The summed E-state index contributed by atoms with van der Waals surface area (Å²) >= 11 is 1.49. The lowest BCUT2D eigenvalue weighted by molar-refractivity contribution is 0.889. The molecule has 0 aromatic carbocycles. The van der Waals surface area contributed by atoms with Gasteiger partial charge in [0.1, 0.15) is 0 Å². The van der Waals surface area contributed by atoms with Crippen molar-refractivity contribution >= 4 is 11.8 Å². The molecule has 0 aliphatic rings. The standard InChI is InChI=1S/C9H14N2O2S/c1-3-4-5-14-7-6(2)10-9(13)11-8(7)12/h3-5H2,1-2H3,(H2,10,11,12,13). The summed E-state index contributed by atoms with van der Waals surface area (Å²) in [7, 11) is 0. The van der Waals surface area contributed by atoms with Crippen LogP contribution in [0.2, 0.25) is 0 Å². The van der Waals surface area contributed by atoms with Crippen LogP contribution in [-0.4, -0.2) is 15.7 Å². The number of H-pyrrole nitrogens is 2. The van der Waals surface area contributed by atoms with Crippen molar-refractivity contribution in [2.75, 3.05) is 5.75 Å². The molecule has 78 valence electrons. The number of hydrogen-bond donors (Lipinski definition) is 2. The third-order valence-electron chi connectivity index (χ3n) is 1.82. The lowest BCUT2D eigenvalue weighted by Gasteiger charge is -2.02. The van der Waals surface area contributed by atoms with E-state index in [9.17, 15) is 9.59 Å². The molecule has 5 heteroatoms. The van der Waals surface area contributed by atoms with Crippen molar-refractivity contribution in [3.63, 3.8) is 0 Å². The lowest BCUT2D eigenvalue weighted by atomic mass is 10.4. The summed E-state index contributed by atoms with van der Waals surface area (Å²) in [6.45, 7) is 3.84. The molecule has 1 heterocycles. The maximum atomic E-state index is 11.4. The number of aromatic amines is 2. The van der Waals surface area contributed by atoms with E-state index in [1.807, 2.05) is 0 Å². The summed E-state index contributed by atoms with van der Waals surface area (Å²) in [5, 5.41) is 0. The Hall–Kier alpha value is -0.970. The average Bonchev–Trinajstić information content (AvgIpc) is 2.09. The second-order valence-electron chi connectivity index (χ2n) is 3.06. The summed E-state index contributed by atoms with van der Waals surface area (Å²) in [5.74, 6) is 0.909. The minimum Gasteiger partial charge on any atom is -0.310 e. The zero-order valence-electron chi connectivity index (χ0n) is 8.35. The van der Waals surface area contributed by atoms with Gasteiger partial charge in [0.15, 0.2) is 0 Å². The number of thioether (sulfide) groups is 1. The first-order chi connectivity index (χ1) is 6.65. The van der Waals surface area contributed by atoms with Crippen LogP contribution in [0.4, 0.5) is 0 Å². The zero-order valence-corrected chi connectivity index (χ0v) is 9.16. The fourth-order valence-corrected chi connectivity index (χ4v) is 2.17. The maximum Gasteiger partial charge on any atom is 0.325 e. The number of unbranched alkanes of at least 4 members (excludes halogenated alkanes) is 1. The molecule has 0 saturated heterocycles. The number of nitrogens with one attached hydrogen (secondary N) is 2. The normalized spacial score (nSPS) is 10.4. The van der Waals surface area contributed by atoms with E-state index < -0.39 is 5.69 Å². The van der Waals surface area contributed by atoms with Crippen molar-refractivity contribution < 1.29 is 0 Å². The molecule has 0 aliphatic carbocycles. The van der Waals surface area contributed by atoms with Crippen LogP contribution in [0.15, 0.2) is 14.5 Å². The number of aromatic nitrogens is 2. The number of aryl methyl sites for hydroxylation is 1. The molecule has 14 heavy (non-hydrogen) atoms. The molecule has 0 aliphatic heterocycles. The van der Waals surface area contributed by atoms with Crippen LogP contribution in [0.1, 0.15) is 25.5 Å². The molecule has 2 N–H and O–H groups in total. The van der Waals surface area contributed by atoms with Gasteiger partial charge < -0.3 is 4.98 Å². The first-order valence-corrected chi connectivity index (χ1v) is 5.59. The van der Waals surface area contributed by atoms with Crippen molar-refractivity contribution in [2.45, 2.75) is 31.6 Å². The second-order valence-corrected chi connectivity index (χ2v) is 4.17. The number of hydrogen-bond acceptors (Lipinski definition) is 3. The van der Waals surface area contributed by atoms with Gasteiger partial charge in [-0.2, -0.15) is 0 Å². The van der Waals surface area contributed by atoms with E-state index in [1.165, 1.54) is 11.8 Å². The smallest absolute Gasteiger partial charge is 0.310 e. The molecule has 0 fully saturated rings. The third kappa shape index (κ3) is 2.77. The largest absolute Gasteiger partial charge is 0.325 e. The Morgan fingerprint density at radius 1 is 1.29 bits per heavy atom. The highest BCUT2D eigenvalue weighted by Gasteiger charge is 2.05. The van der Waals surface area contributed by atoms with Crippen molar-refractivity contribution in [3.05, 3.63) is 26.5 Å². The van der Waals surface area contributed by atoms with Crippen molar-refractivity contribution in [1.82, 2.24) is 9.97 Å². The summed E-state index contributed by atoms with van der Waals surface area (Å²) < 4.78 is 0. The maximum absolute atomic E-state index is 11.4. The van der Waals surface area contributed by atoms with Crippen LogP contribution in [0.25, 0.3) is 0 Å². The molecule has 0 spiro atoms. The predicted octanol–water partition coefficient (Wildman–Crippen LogP) is 1.26. The van der Waals surface area contributed by atoms with E-state index in [0.717, 1.165) is 18.6 Å². The lowest BCUT2D eigenvalue weighted by Crippen LogP contribution is -2.24. The Morgan fingerprint density at radius 2 is 2.00 bits per heavy atom. The summed E-state index contributed by atoms with van der Waals surface area (Å²) in [6, 6.07) is 0. The minimum atomic E-state index is -0.438. The van der Waals surface area contributed by atoms with E-state index in [1.54, 1.807) is 6.92 Å². The SMILES string of the molecule is CCCCSc1c(C)[nH]c(=O)[nH]c1=O. The monoisotopic (exact) mass is 214 g/mol. The van der Waals surface area contributed by atoms with Gasteiger partial charge in [-0.05, 0) is 19.1 Å². The fraction of sp³-hybridized carbons (Fsp3) is 0.556. The van der Waals surface area contributed by atoms with Gasteiger partial charge in [0, 0.05) is 5.69 Å². The Morgan fingerprint density at radius 3 is 2.57 bits per heavy atom. The quantitative estimate of drug-likeness (QED) is 0.586. The highest BCUT2D eigenvalue weighted by atomic mass is 32.2. The van der Waals surface area contributed by atoms with E-state index in [4.69, 9.17) is 0 Å². The van der Waals surface area contributed by atoms with Crippen LogP contribution in [0.3, 0.4) is 0 Å². The van der Waals surface area contributed by atoms with E-state index in [-0.39, 0.29) is 5.56 Å². The van der Waals surface area contributed by atoms with Crippen LogP contribution in [-0.2, 0) is 0 Å². The highest BCUT2D eigenvalue weighted by molar-refractivity contribution is 7.99. The van der Waals surface area contributed by atoms with E-state index in [2.05, 4.69) is 16.9 Å². The Labute approximate surface area is 86.1 Å². The van der Waals surface area contributed by atoms with Gasteiger partial charge in [0.2, 0.25) is 0 Å². The number of rotatable bonds is 4. The van der Waals surface area contributed by atoms with Crippen molar-refractivity contribution in [2.24, 2.45) is 0 Å². The summed E-state index contributed by atoms with van der Waals surface area (Å²) in [6.07, 6.45) is 2.18. The first-order valence-electron chi connectivity index (χ1n) is 4.61. The van der Waals surface area contributed by atoms with E-state index >= 15 is 0 Å². The minimum absolute atomic E-state index is 0.285. The van der Waals surface area contributed by atoms with Gasteiger partial charge in [0.05, 0.1) is 4.90 Å². The average molecular weight is 214 g/mol. The molecular formula is C9H14N2O2S. The van der Waals surface area contributed by atoms with Gasteiger partial charge in [-0.3, -0.25) is 9.78 Å². The molecule has 1 aromatic rings. The van der Waals surface area contributed by atoms with Crippen LogP contribution >= 0.6 is 11.8 Å². The molecule has 0 saturated carbocycles. The molecule has 0 radical (unpaired) electrons. The summed E-state index contributed by atoms with van der Waals surface area (Å²) in [5.41, 5.74) is -0.0699. The van der Waals surface area contributed by atoms with E-state index in [0.29, 0.717) is 10.6 Å². The van der Waals surface area contributed by atoms with Gasteiger partial charge in [-0.1, -0.05) is 13.3 Å². The first kappa shape index (κ1) is 11.1. The second kappa shape index (κ2) is 5.05. The van der Waals surface area contributed by atoms with Gasteiger partial charge >= 0.3 is 5.69 Å². The van der Waals surface area contributed by atoms with Gasteiger partial charge in [-0.15, -0.1) is 11.8 Å². The van der Waals surface area contributed by atoms with Crippen molar-refractivity contribution in [1.29, 1.82) is 0 Å². The van der Waals surface area contributed by atoms with Crippen LogP contribution in [0.5, 0.6) is 0 Å².